The highest BCUT2D eigenvalue weighted by atomic mass is 16.2. The van der Waals surface area contributed by atoms with Gasteiger partial charge in [-0.1, -0.05) is 12.1 Å². The Morgan fingerprint density at radius 3 is 2.85 bits per heavy atom. The molecule has 1 aromatic carbocycles. The van der Waals surface area contributed by atoms with Crippen LogP contribution in [0.4, 0.5) is 0 Å². The van der Waals surface area contributed by atoms with E-state index in [9.17, 15) is 4.79 Å². The number of nitrogen functional groups attached to an aromatic ring is 1. The summed E-state index contributed by atoms with van der Waals surface area (Å²) in [7, 11) is 2.12. The van der Waals surface area contributed by atoms with E-state index in [4.69, 9.17) is 5.84 Å². The zero-order valence-corrected chi connectivity index (χ0v) is 12.1. The standard InChI is InChI=1S/C15H24N4O/c1-18(9-10-19-7-2-3-8-19)12-13-5-4-6-14(11-13)15(20)17-16/h4-6,11H,2-3,7-10,12,16H2,1H3,(H,17,20). The van der Waals surface area contributed by atoms with E-state index < -0.39 is 0 Å². The number of hydrazine groups is 1. The van der Waals surface area contributed by atoms with Gasteiger partial charge in [-0.25, -0.2) is 5.84 Å². The number of nitrogens with two attached hydrogens (primary N) is 1. The zero-order valence-electron chi connectivity index (χ0n) is 12.1. The molecule has 0 aromatic heterocycles. The molecule has 1 aliphatic rings. The first kappa shape index (κ1) is 15.0. The third-order valence-electron chi connectivity index (χ3n) is 3.77. The molecule has 3 N–H and O–H groups in total. The molecule has 2 rings (SSSR count). The van der Waals surface area contributed by atoms with Crippen LogP contribution in [0.25, 0.3) is 0 Å². The third-order valence-corrected chi connectivity index (χ3v) is 3.77. The first-order valence-corrected chi connectivity index (χ1v) is 7.20. The molecule has 1 aliphatic heterocycles. The van der Waals surface area contributed by atoms with E-state index in [-0.39, 0.29) is 5.91 Å². The van der Waals surface area contributed by atoms with E-state index in [1.807, 2.05) is 18.2 Å². The number of amides is 1. The largest absolute Gasteiger partial charge is 0.302 e. The van der Waals surface area contributed by atoms with Gasteiger partial charge in [-0.3, -0.25) is 10.2 Å². The summed E-state index contributed by atoms with van der Waals surface area (Å²) in [4.78, 5) is 16.3. The second-order valence-electron chi connectivity index (χ2n) is 5.46. The van der Waals surface area contributed by atoms with Gasteiger partial charge >= 0.3 is 0 Å². The Balaban J connectivity index is 1.83. The van der Waals surface area contributed by atoms with Crippen molar-refractivity contribution < 1.29 is 4.79 Å². The lowest BCUT2D eigenvalue weighted by Crippen LogP contribution is -2.31. The number of rotatable bonds is 6. The molecule has 0 saturated carbocycles. The van der Waals surface area contributed by atoms with Crippen LogP contribution in [-0.4, -0.2) is 48.9 Å². The summed E-state index contributed by atoms with van der Waals surface area (Å²) in [6.45, 7) is 5.49. The first-order valence-electron chi connectivity index (χ1n) is 7.20. The number of hydrogen-bond donors (Lipinski definition) is 2. The predicted molar refractivity (Wildman–Crippen MR) is 80.1 cm³/mol. The van der Waals surface area contributed by atoms with Crippen LogP contribution in [0.2, 0.25) is 0 Å². The Kier molecular flexibility index (Phi) is 5.52. The Bertz CT molecular complexity index is 443. The molecular weight excluding hydrogens is 252 g/mol. The predicted octanol–water partition coefficient (Wildman–Crippen LogP) is 0.818. The van der Waals surface area contributed by atoms with Gasteiger partial charge in [-0.05, 0) is 50.7 Å². The molecule has 0 aliphatic carbocycles. The highest BCUT2D eigenvalue weighted by Gasteiger charge is 2.12. The quantitative estimate of drug-likeness (QED) is 0.459. The van der Waals surface area contributed by atoms with Gasteiger partial charge in [0.05, 0.1) is 0 Å². The number of hydrogen-bond acceptors (Lipinski definition) is 4. The minimum atomic E-state index is -0.244. The molecule has 5 nitrogen and oxygen atoms in total. The summed E-state index contributed by atoms with van der Waals surface area (Å²) in [5, 5.41) is 0. The number of nitrogens with one attached hydrogen (secondary N) is 1. The zero-order chi connectivity index (χ0) is 14.4. The van der Waals surface area contributed by atoms with Crippen LogP contribution in [0.5, 0.6) is 0 Å². The Hall–Kier alpha value is -1.43. The average molecular weight is 276 g/mol. The van der Waals surface area contributed by atoms with Crippen LogP contribution in [0.3, 0.4) is 0 Å². The maximum atomic E-state index is 11.5. The molecule has 5 heteroatoms. The van der Waals surface area contributed by atoms with Gasteiger partial charge in [-0.15, -0.1) is 0 Å². The number of benzene rings is 1. The summed E-state index contributed by atoms with van der Waals surface area (Å²) in [6, 6.07) is 7.61. The van der Waals surface area contributed by atoms with Crippen LogP contribution >= 0.6 is 0 Å². The van der Waals surface area contributed by atoms with Crippen LogP contribution in [-0.2, 0) is 6.54 Å². The lowest BCUT2D eigenvalue weighted by Gasteiger charge is -2.21. The van der Waals surface area contributed by atoms with E-state index in [0.29, 0.717) is 5.56 Å². The second kappa shape index (κ2) is 7.38. The van der Waals surface area contributed by atoms with Crippen molar-refractivity contribution in [1.29, 1.82) is 0 Å². The van der Waals surface area contributed by atoms with Gasteiger partial charge in [0, 0.05) is 25.2 Å². The minimum absolute atomic E-state index is 0.244. The molecule has 1 aromatic rings. The van der Waals surface area contributed by atoms with Crippen LogP contribution in [0.15, 0.2) is 24.3 Å². The lowest BCUT2D eigenvalue weighted by molar-refractivity contribution is 0.0953. The molecule has 0 radical (unpaired) electrons. The number of likely N-dealkylation sites (N-methyl/N-ethyl adjacent to an activating group) is 1. The van der Waals surface area contributed by atoms with Gasteiger partial charge in [0.1, 0.15) is 0 Å². The van der Waals surface area contributed by atoms with E-state index >= 15 is 0 Å². The van der Waals surface area contributed by atoms with Crippen LogP contribution in [0.1, 0.15) is 28.8 Å². The van der Waals surface area contributed by atoms with Gasteiger partial charge in [0.25, 0.3) is 5.91 Å². The molecule has 1 heterocycles. The maximum absolute atomic E-state index is 11.5. The minimum Gasteiger partial charge on any atom is -0.302 e. The molecule has 1 saturated heterocycles. The van der Waals surface area contributed by atoms with Crippen molar-refractivity contribution >= 4 is 5.91 Å². The Morgan fingerprint density at radius 2 is 2.15 bits per heavy atom. The first-order chi connectivity index (χ1) is 9.69. The van der Waals surface area contributed by atoms with E-state index in [0.717, 1.165) is 25.2 Å². The number of nitrogens with zero attached hydrogens (tertiary/aromatic N) is 2. The Morgan fingerprint density at radius 1 is 1.40 bits per heavy atom. The van der Waals surface area contributed by atoms with Crippen molar-refractivity contribution in [1.82, 2.24) is 15.2 Å². The summed E-state index contributed by atoms with van der Waals surface area (Å²) in [5.41, 5.74) is 3.91. The molecule has 0 unspecified atom stereocenters. The molecule has 0 atom stereocenters. The van der Waals surface area contributed by atoms with Crippen LogP contribution in [0, 0.1) is 0 Å². The maximum Gasteiger partial charge on any atom is 0.265 e. The van der Waals surface area contributed by atoms with E-state index in [1.54, 1.807) is 6.07 Å². The van der Waals surface area contributed by atoms with E-state index in [2.05, 4.69) is 22.3 Å². The fraction of sp³-hybridized carbons (Fsp3) is 0.533. The molecule has 110 valence electrons. The van der Waals surface area contributed by atoms with Gasteiger partial charge in [0.2, 0.25) is 0 Å². The monoisotopic (exact) mass is 276 g/mol. The summed E-state index contributed by atoms with van der Waals surface area (Å²) in [6.07, 6.45) is 2.67. The summed E-state index contributed by atoms with van der Waals surface area (Å²) in [5.74, 6) is 4.91. The number of likely N-dealkylation sites (tertiary alicyclic amines) is 1. The molecule has 0 bridgehead atoms. The third kappa shape index (κ3) is 4.30. The molecule has 20 heavy (non-hydrogen) atoms. The normalized spacial score (nSPS) is 15.8. The topological polar surface area (TPSA) is 61.6 Å². The SMILES string of the molecule is CN(CCN1CCCC1)Cc1cccc(C(=O)NN)c1. The van der Waals surface area contributed by atoms with Crippen molar-refractivity contribution in [3.63, 3.8) is 0 Å². The molecule has 1 amide bonds. The summed E-state index contributed by atoms with van der Waals surface area (Å²) < 4.78 is 0. The smallest absolute Gasteiger partial charge is 0.265 e. The van der Waals surface area contributed by atoms with E-state index in [1.165, 1.54) is 25.9 Å². The van der Waals surface area contributed by atoms with Crippen molar-refractivity contribution in [2.45, 2.75) is 19.4 Å². The highest BCUT2D eigenvalue weighted by molar-refractivity contribution is 5.93. The highest BCUT2D eigenvalue weighted by Crippen LogP contribution is 2.09. The second-order valence-corrected chi connectivity index (χ2v) is 5.46. The van der Waals surface area contributed by atoms with Crippen molar-refractivity contribution in [2.24, 2.45) is 5.84 Å². The average Bonchev–Trinajstić information content (AvgIpc) is 2.98. The number of carbonyl (C=O) groups excluding carboxylic acids is 1. The fourth-order valence-electron chi connectivity index (χ4n) is 2.60. The Labute approximate surface area is 120 Å². The van der Waals surface area contributed by atoms with Gasteiger partial charge in [0.15, 0.2) is 0 Å². The van der Waals surface area contributed by atoms with Crippen molar-refractivity contribution in [2.75, 3.05) is 33.2 Å². The summed E-state index contributed by atoms with van der Waals surface area (Å²) >= 11 is 0. The van der Waals surface area contributed by atoms with Crippen molar-refractivity contribution in [3.8, 4) is 0 Å². The van der Waals surface area contributed by atoms with Gasteiger partial charge in [-0.2, -0.15) is 0 Å². The van der Waals surface area contributed by atoms with Crippen molar-refractivity contribution in [3.05, 3.63) is 35.4 Å². The molecule has 1 fully saturated rings. The van der Waals surface area contributed by atoms with Crippen LogP contribution < -0.4 is 11.3 Å². The molecule has 0 spiro atoms. The lowest BCUT2D eigenvalue weighted by atomic mass is 10.1. The number of carbonyl (C=O) groups is 1. The fourth-order valence-corrected chi connectivity index (χ4v) is 2.60. The molecular formula is C15H24N4O. The van der Waals surface area contributed by atoms with Gasteiger partial charge < -0.3 is 9.80 Å².